The third-order valence-corrected chi connectivity index (χ3v) is 0. The van der Waals surface area contributed by atoms with Gasteiger partial charge in [0, 0.05) is 11.9 Å². The van der Waals surface area contributed by atoms with Crippen LogP contribution in [0.1, 0.15) is 13.8 Å². The van der Waals surface area contributed by atoms with Crippen molar-refractivity contribution in [3.63, 3.8) is 0 Å². The molecule has 0 atom stereocenters. The average Bonchev–Trinajstić information content (AvgIpc) is 1.25. The molecule has 0 bridgehead atoms. The van der Waals surface area contributed by atoms with E-state index in [-0.39, 0.29) is 65.0 Å². The molecule has 10 heavy (non-hydrogen) atoms. The molecule has 0 saturated carbocycles. The smallest absolute Gasteiger partial charge is 2.00 e. The molecule has 6 heteroatoms. The summed E-state index contributed by atoms with van der Waals surface area (Å²) in [6.45, 7) is 1.94. The van der Waals surface area contributed by atoms with Gasteiger partial charge in [-0.15, -0.1) is 0 Å². The quantitative estimate of drug-likeness (QED) is 0.412. The van der Waals surface area contributed by atoms with E-state index in [1.54, 1.807) is 0 Å². The molecule has 0 aromatic carbocycles. The Kier molecular flexibility index (Phi) is 37.3. The Balaban J connectivity index is -0.0000000300. The summed E-state index contributed by atoms with van der Waals surface area (Å²) in [5.74, 6) is -2.17. The molecule has 0 aliphatic heterocycles. The van der Waals surface area contributed by atoms with Crippen LogP contribution in [0.25, 0.3) is 0 Å². The minimum Gasteiger partial charge on any atom is 2.00 e. The maximum Gasteiger partial charge on any atom is 2.00 e. The largest absolute Gasteiger partial charge is 2.00 e. The van der Waals surface area contributed by atoms with E-state index in [0.717, 1.165) is 13.8 Å². The van der Waals surface area contributed by atoms with Gasteiger partial charge in [-0.2, -0.15) is 0 Å². The van der Waals surface area contributed by atoms with Crippen LogP contribution in [0, 0.1) is 0 Å². The van der Waals surface area contributed by atoms with Crippen LogP contribution in [0.3, 0.4) is 0 Å². The summed E-state index contributed by atoms with van der Waals surface area (Å²) in [7, 11) is 0. The van der Waals surface area contributed by atoms with Gasteiger partial charge < -0.3 is 19.8 Å². The Bertz CT molecular complexity index is 75.3. The zero-order chi connectivity index (χ0) is 7.15. The predicted octanol–water partition coefficient (Wildman–Crippen LogP) is -3.78. The Morgan fingerprint density at radius 2 is 1.00 bits per heavy atom. The number of aliphatic carboxylic acids is 2. The molecular formula is C4H8CaO4Pb. The van der Waals surface area contributed by atoms with Crippen molar-refractivity contribution in [3.8, 4) is 0 Å². The second-order valence-electron chi connectivity index (χ2n) is 0.983. The molecule has 0 saturated heterocycles. The van der Waals surface area contributed by atoms with Crippen LogP contribution in [0.2, 0.25) is 0 Å². The zero-order valence-electron chi connectivity index (χ0n) is 5.13. The Hall–Kier alpha value is 1.12. The van der Waals surface area contributed by atoms with Crippen LogP contribution in [-0.4, -0.2) is 77.0 Å². The minimum absolute atomic E-state index is 0. The molecule has 0 spiro atoms. The van der Waals surface area contributed by atoms with Crippen LogP contribution >= 0.6 is 0 Å². The fraction of sp³-hybridized carbons (Fsp3) is 0.500. The van der Waals surface area contributed by atoms with Crippen molar-refractivity contribution < 1.29 is 19.8 Å². The number of hydrogen-bond donors (Lipinski definition) is 0. The third-order valence-electron chi connectivity index (χ3n) is 0. The van der Waals surface area contributed by atoms with E-state index in [4.69, 9.17) is 19.8 Å². The van der Waals surface area contributed by atoms with E-state index in [2.05, 4.69) is 0 Å². The number of carbonyl (C=O) groups is 2. The summed E-state index contributed by atoms with van der Waals surface area (Å²) in [5.41, 5.74) is 0. The van der Waals surface area contributed by atoms with Crippen LogP contribution in [0.5, 0.6) is 0 Å². The second-order valence-corrected chi connectivity index (χ2v) is 0.983. The first-order chi connectivity index (χ1) is 3.46. The molecule has 0 fully saturated rings. The maximum absolute atomic E-state index is 8.89. The first-order valence-corrected chi connectivity index (χ1v) is 1.82. The van der Waals surface area contributed by atoms with Gasteiger partial charge in [-0.25, -0.2) is 0 Å². The fourth-order valence-electron chi connectivity index (χ4n) is 0. The van der Waals surface area contributed by atoms with E-state index < -0.39 is 11.9 Å². The van der Waals surface area contributed by atoms with Crippen molar-refractivity contribution in [1.82, 2.24) is 0 Å². The van der Waals surface area contributed by atoms with E-state index in [1.165, 1.54) is 0 Å². The number of carboxylic acids is 2. The predicted molar refractivity (Wildman–Crippen MR) is 35.7 cm³/mol. The van der Waals surface area contributed by atoms with E-state index in [1.807, 2.05) is 0 Å². The van der Waals surface area contributed by atoms with Gasteiger partial charge in [0.25, 0.3) is 0 Å². The second kappa shape index (κ2) is 16.6. The normalized spacial score (nSPS) is 5.00. The van der Waals surface area contributed by atoms with E-state index >= 15 is 0 Å². The van der Waals surface area contributed by atoms with E-state index in [0.29, 0.717) is 0 Å². The summed E-state index contributed by atoms with van der Waals surface area (Å²) in [6, 6.07) is 0. The fourth-order valence-corrected chi connectivity index (χ4v) is 0. The van der Waals surface area contributed by atoms with Crippen molar-refractivity contribution in [1.29, 1.82) is 0 Å². The molecule has 2 radical (unpaired) electrons. The molecular weight excluding hydrogens is 359 g/mol. The molecule has 4 nitrogen and oxygen atoms in total. The number of rotatable bonds is 0. The van der Waals surface area contributed by atoms with Crippen molar-refractivity contribution in [2.45, 2.75) is 13.8 Å². The molecule has 0 aromatic rings. The number of carboxylic acid groups (broad SMARTS) is 2. The molecule has 0 amide bonds. The van der Waals surface area contributed by atoms with Crippen LogP contribution in [0.15, 0.2) is 0 Å². The monoisotopic (exact) mass is 368 g/mol. The number of hydrogen-bond acceptors (Lipinski definition) is 4. The third kappa shape index (κ3) is 478. The van der Waals surface area contributed by atoms with Gasteiger partial charge >= 0.3 is 65.0 Å². The first-order valence-electron chi connectivity index (χ1n) is 1.82. The van der Waals surface area contributed by atoms with Crippen molar-refractivity contribution >= 4 is 77.0 Å². The SMILES string of the molecule is CC(=O)[O-].CC(=O)[O-].[CaH2].[Pb+2]. The van der Waals surface area contributed by atoms with Gasteiger partial charge in [0.15, 0.2) is 0 Å². The molecule has 0 N–H and O–H groups in total. The molecule has 0 aliphatic carbocycles. The van der Waals surface area contributed by atoms with Crippen molar-refractivity contribution in [2.75, 3.05) is 0 Å². The van der Waals surface area contributed by atoms with Crippen LogP contribution in [-0.2, 0) is 9.59 Å². The van der Waals surface area contributed by atoms with Gasteiger partial charge in [-0.1, -0.05) is 0 Å². The van der Waals surface area contributed by atoms with Crippen molar-refractivity contribution in [2.24, 2.45) is 0 Å². The van der Waals surface area contributed by atoms with Crippen molar-refractivity contribution in [3.05, 3.63) is 0 Å². The minimum atomic E-state index is -1.08. The molecule has 0 heterocycles. The van der Waals surface area contributed by atoms with Gasteiger partial charge in [0.05, 0.1) is 0 Å². The molecule has 0 unspecified atom stereocenters. The average molecular weight is 367 g/mol. The first kappa shape index (κ1) is 22.5. The molecule has 0 aliphatic rings. The Labute approximate surface area is 109 Å². The summed E-state index contributed by atoms with van der Waals surface area (Å²) in [6.07, 6.45) is 0. The summed E-state index contributed by atoms with van der Waals surface area (Å²) < 4.78 is 0. The van der Waals surface area contributed by atoms with Gasteiger partial charge in [-0.05, 0) is 13.8 Å². The summed E-state index contributed by atoms with van der Waals surface area (Å²) >= 11 is 0. The molecule has 54 valence electrons. The van der Waals surface area contributed by atoms with Gasteiger partial charge in [-0.3, -0.25) is 0 Å². The van der Waals surface area contributed by atoms with E-state index in [9.17, 15) is 0 Å². The topological polar surface area (TPSA) is 80.3 Å². The van der Waals surface area contributed by atoms with Crippen LogP contribution < -0.4 is 10.2 Å². The molecule has 0 aromatic heterocycles. The maximum atomic E-state index is 8.89. The zero-order valence-corrected chi connectivity index (χ0v) is 9.02. The Morgan fingerprint density at radius 3 is 1.00 bits per heavy atom. The number of carbonyl (C=O) groups excluding carboxylic acids is 2. The van der Waals surface area contributed by atoms with Gasteiger partial charge in [0.1, 0.15) is 0 Å². The summed E-state index contributed by atoms with van der Waals surface area (Å²) in [5, 5.41) is 17.8. The van der Waals surface area contributed by atoms with Gasteiger partial charge in [0.2, 0.25) is 0 Å². The Morgan fingerprint density at radius 1 is 1.00 bits per heavy atom. The standard InChI is InChI=1S/2C2H4O2.Ca.Pb.2H/c2*1-2(3)4;;;;/h2*1H3,(H,3,4);;;;/q;;;+2;;/p-2. The molecule has 0 rings (SSSR count). The summed E-state index contributed by atoms with van der Waals surface area (Å²) in [4.78, 5) is 17.8. The van der Waals surface area contributed by atoms with Crippen LogP contribution in [0.4, 0.5) is 0 Å².